The second kappa shape index (κ2) is 9.99. The summed E-state index contributed by atoms with van der Waals surface area (Å²) in [7, 11) is 0. The fraction of sp³-hybridized carbons (Fsp3) is 0.567. The summed E-state index contributed by atoms with van der Waals surface area (Å²) < 4.78 is 0. The first-order valence-corrected chi connectivity index (χ1v) is 14.1. The average Bonchev–Trinajstić information content (AvgIpc) is 2.92. The Hall–Kier alpha value is -3.09. The first kappa shape index (κ1) is 24.3. The lowest BCUT2D eigenvalue weighted by atomic mass is 9.72. The number of aromatic nitrogens is 1. The summed E-state index contributed by atoms with van der Waals surface area (Å²) in [6.07, 6.45) is 10.3. The molecule has 1 aliphatic heterocycles. The van der Waals surface area contributed by atoms with Gasteiger partial charge in [-0.1, -0.05) is 12.1 Å². The summed E-state index contributed by atoms with van der Waals surface area (Å²) in [6, 6.07) is 7.45. The highest BCUT2D eigenvalue weighted by Crippen LogP contribution is 2.40. The quantitative estimate of drug-likeness (QED) is 0.592. The number of piperidine rings is 1. The van der Waals surface area contributed by atoms with Gasteiger partial charge in [0.1, 0.15) is 11.3 Å². The van der Waals surface area contributed by atoms with Gasteiger partial charge in [-0.15, -0.1) is 0 Å². The van der Waals surface area contributed by atoms with Crippen molar-refractivity contribution in [3.05, 3.63) is 62.6 Å². The summed E-state index contributed by atoms with van der Waals surface area (Å²) in [5.41, 5.74) is 3.99. The molecule has 4 unspecified atom stereocenters. The summed E-state index contributed by atoms with van der Waals surface area (Å²) in [5, 5.41) is 13.4. The van der Waals surface area contributed by atoms with Crippen molar-refractivity contribution in [3.8, 4) is 5.75 Å². The number of fused-ring (bicyclic) bond motifs is 3. The number of carbonyl (C=O) groups is 2. The Kier molecular flexibility index (Phi) is 6.55. The zero-order valence-corrected chi connectivity index (χ0v) is 21.4. The van der Waals surface area contributed by atoms with E-state index >= 15 is 0 Å². The minimum absolute atomic E-state index is 0.0691. The third-order valence-corrected chi connectivity index (χ3v) is 9.37. The molecular formula is C30H37N3O4. The molecule has 2 aromatic rings. The van der Waals surface area contributed by atoms with Gasteiger partial charge in [0.25, 0.3) is 11.5 Å². The number of nitrogens with zero attached hydrogens (tertiary/aromatic N) is 1. The molecule has 1 aromatic carbocycles. The van der Waals surface area contributed by atoms with E-state index in [4.69, 9.17) is 0 Å². The van der Waals surface area contributed by atoms with Crippen LogP contribution in [0.15, 0.2) is 29.1 Å². The van der Waals surface area contributed by atoms with Gasteiger partial charge in [-0.3, -0.25) is 14.4 Å². The SMILES string of the molecule is O=C(NC1CCC2CN(C(=O)C3CCCc4c(O)cccc43)CCC2C1)c1cc2c([nH]c1=O)CCCC2. The Bertz CT molecular complexity index is 1270. The number of aromatic amines is 1. The molecule has 3 N–H and O–H groups in total. The van der Waals surface area contributed by atoms with E-state index in [1.165, 1.54) is 0 Å². The molecule has 3 aliphatic carbocycles. The number of likely N-dealkylation sites (tertiary alicyclic amines) is 1. The number of pyridine rings is 1. The Morgan fingerprint density at radius 3 is 2.76 bits per heavy atom. The number of hydrogen-bond acceptors (Lipinski definition) is 4. The van der Waals surface area contributed by atoms with Crippen molar-refractivity contribution in [3.63, 3.8) is 0 Å². The number of rotatable bonds is 3. The number of aromatic hydroxyl groups is 1. The van der Waals surface area contributed by atoms with Crippen molar-refractivity contribution in [1.29, 1.82) is 0 Å². The van der Waals surface area contributed by atoms with Crippen LogP contribution in [0.3, 0.4) is 0 Å². The summed E-state index contributed by atoms with van der Waals surface area (Å²) >= 11 is 0. The maximum atomic E-state index is 13.6. The van der Waals surface area contributed by atoms with E-state index in [0.717, 1.165) is 106 Å². The van der Waals surface area contributed by atoms with Gasteiger partial charge in [-0.25, -0.2) is 0 Å². The molecule has 37 heavy (non-hydrogen) atoms. The number of phenols is 1. The second-order valence-electron chi connectivity index (χ2n) is 11.6. The van der Waals surface area contributed by atoms with Crippen LogP contribution in [0.4, 0.5) is 0 Å². The average molecular weight is 504 g/mol. The van der Waals surface area contributed by atoms with Crippen LogP contribution in [-0.2, 0) is 24.1 Å². The molecule has 4 aliphatic rings. The molecule has 1 saturated heterocycles. The molecule has 6 rings (SSSR count). The van der Waals surface area contributed by atoms with E-state index in [2.05, 4.69) is 15.2 Å². The van der Waals surface area contributed by atoms with Crippen molar-refractivity contribution >= 4 is 11.8 Å². The number of hydrogen-bond donors (Lipinski definition) is 3. The van der Waals surface area contributed by atoms with Crippen LogP contribution in [0.2, 0.25) is 0 Å². The molecule has 0 bridgehead atoms. The predicted octanol–water partition coefficient (Wildman–Crippen LogP) is 3.83. The molecule has 2 amide bonds. The van der Waals surface area contributed by atoms with E-state index < -0.39 is 0 Å². The van der Waals surface area contributed by atoms with Crippen molar-refractivity contribution < 1.29 is 14.7 Å². The first-order chi connectivity index (χ1) is 18.0. The van der Waals surface area contributed by atoms with Crippen molar-refractivity contribution in [2.75, 3.05) is 13.1 Å². The molecule has 2 heterocycles. The molecule has 196 valence electrons. The summed E-state index contributed by atoms with van der Waals surface area (Å²) in [4.78, 5) is 44.1. The first-order valence-electron chi connectivity index (χ1n) is 14.1. The van der Waals surface area contributed by atoms with Crippen molar-refractivity contribution in [1.82, 2.24) is 15.2 Å². The highest BCUT2D eigenvalue weighted by atomic mass is 16.3. The number of H-pyrrole nitrogens is 1. The van der Waals surface area contributed by atoms with Gasteiger partial charge in [-0.2, -0.15) is 0 Å². The van der Waals surface area contributed by atoms with Gasteiger partial charge in [0.2, 0.25) is 5.91 Å². The highest BCUT2D eigenvalue weighted by Gasteiger charge is 2.39. The monoisotopic (exact) mass is 503 g/mol. The molecule has 0 radical (unpaired) electrons. The Balaban J connectivity index is 1.07. The smallest absolute Gasteiger partial charge is 0.261 e. The van der Waals surface area contributed by atoms with E-state index in [1.54, 1.807) is 6.07 Å². The van der Waals surface area contributed by atoms with Gasteiger partial charge in [0.05, 0.1) is 5.92 Å². The van der Waals surface area contributed by atoms with Gasteiger partial charge in [0.15, 0.2) is 0 Å². The predicted molar refractivity (Wildman–Crippen MR) is 141 cm³/mol. The van der Waals surface area contributed by atoms with Crippen LogP contribution in [0.1, 0.15) is 90.0 Å². The van der Waals surface area contributed by atoms with E-state index in [9.17, 15) is 19.5 Å². The number of aryl methyl sites for hydroxylation is 2. The van der Waals surface area contributed by atoms with Crippen LogP contribution in [0, 0.1) is 11.8 Å². The van der Waals surface area contributed by atoms with Crippen LogP contribution in [-0.4, -0.2) is 45.9 Å². The van der Waals surface area contributed by atoms with Crippen molar-refractivity contribution in [2.45, 2.75) is 82.6 Å². The van der Waals surface area contributed by atoms with E-state index in [1.807, 2.05) is 18.2 Å². The molecular weight excluding hydrogens is 466 g/mol. The third-order valence-electron chi connectivity index (χ3n) is 9.37. The van der Waals surface area contributed by atoms with Gasteiger partial charge >= 0.3 is 0 Å². The number of carbonyl (C=O) groups excluding carboxylic acids is 2. The van der Waals surface area contributed by atoms with Gasteiger partial charge in [0, 0.05) is 24.8 Å². The number of benzene rings is 1. The molecule has 4 atom stereocenters. The Morgan fingerprint density at radius 2 is 1.86 bits per heavy atom. The van der Waals surface area contributed by atoms with Crippen LogP contribution < -0.4 is 10.9 Å². The molecule has 7 nitrogen and oxygen atoms in total. The largest absolute Gasteiger partial charge is 0.508 e. The lowest BCUT2D eigenvalue weighted by Gasteiger charge is -2.44. The minimum atomic E-state index is -0.281. The third kappa shape index (κ3) is 4.69. The fourth-order valence-corrected chi connectivity index (χ4v) is 7.36. The summed E-state index contributed by atoms with van der Waals surface area (Å²) in [5.74, 6) is 1.03. The minimum Gasteiger partial charge on any atom is -0.508 e. The Morgan fingerprint density at radius 1 is 1.00 bits per heavy atom. The molecule has 1 saturated carbocycles. The van der Waals surface area contributed by atoms with Crippen LogP contribution in [0.25, 0.3) is 0 Å². The van der Waals surface area contributed by atoms with Crippen LogP contribution >= 0.6 is 0 Å². The van der Waals surface area contributed by atoms with E-state index in [-0.39, 0.29) is 34.9 Å². The fourth-order valence-electron chi connectivity index (χ4n) is 7.36. The number of nitrogens with one attached hydrogen (secondary N) is 2. The van der Waals surface area contributed by atoms with E-state index in [0.29, 0.717) is 17.6 Å². The lowest BCUT2D eigenvalue weighted by molar-refractivity contribution is -0.136. The van der Waals surface area contributed by atoms with Gasteiger partial charge < -0.3 is 20.3 Å². The lowest BCUT2D eigenvalue weighted by Crippen LogP contribution is -2.50. The second-order valence-corrected chi connectivity index (χ2v) is 11.6. The Labute approximate surface area is 217 Å². The zero-order chi connectivity index (χ0) is 25.5. The topological polar surface area (TPSA) is 102 Å². The van der Waals surface area contributed by atoms with Gasteiger partial charge in [-0.05, 0) is 111 Å². The maximum absolute atomic E-state index is 13.6. The summed E-state index contributed by atoms with van der Waals surface area (Å²) in [6.45, 7) is 1.52. The molecule has 2 fully saturated rings. The number of phenolic OH excluding ortho intramolecular Hbond substituents is 1. The van der Waals surface area contributed by atoms with Crippen molar-refractivity contribution in [2.24, 2.45) is 11.8 Å². The van der Waals surface area contributed by atoms with Crippen LogP contribution in [0.5, 0.6) is 5.75 Å². The number of amides is 2. The standard InChI is InChI=1S/C30H37N3O4/c34-27-10-4-6-22-23(27)7-3-8-24(22)30(37)33-14-13-18-15-21(12-11-20(18)17-33)31-28(35)25-16-19-5-1-2-9-26(19)32-29(25)36/h4,6,10,16,18,20-21,24,34H,1-3,5,7-9,11-15,17H2,(H,31,35)(H,32,36). The molecule has 1 aromatic heterocycles. The zero-order valence-electron chi connectivity index (χ0n) is 21.4. The highest BCUT2D eigenvalue weighted by molar-refractivity contribution is 5.94. The molecule has 0 spiro atoms. The normalized spacial score (nSPS) is 27.0. The maximum Gasteiger partial charge on any atom is 0.261 e. The molecule has 7 heteroatoms.